The first-order valence-electron chi connectivity index (χ1n) is 15.3. The molecular formula is C38H44O4. The van der Waals surface area contributed by atoms with E-state index in [1.54, 1.807) is 6.07 Å². The summed E-state index contributed by atoms with van der Waals surface area (Å²) < 4.78 is 16.7. The molecule has 220 valence electrons. The SMILES string of the molecule is CCCCCCCOc1ccc(C#Cc2ccc(C#Cc3ccc(OCCCCCCC)cc3)c(C(=O)OC)c2)cc1. The lowest BCUT2D eigenvalue weighted by Gasteiger charge is -2.06. The molecule has 0 N–H and O–H groups in total. The van der Waals surface area contributed by atoms with Crippen LogP contribution in [0.15, 0.2) is 66.7 Å². The molecule has 0 heterocycles. The first kappa shape index (κ1) is 32.4. The summed E-state index contributed by atoms with van der Waals surface area (Å²) in [6.45, 7) is 5.90. The molecule has 0 aliphatic carbocycles. The molecule has 0 saturated carbocycles. The van der Waals surface area contributed by atoms with Crippen LogP contribution in [0.2, 0.25) is 0 Å². The number of benzene rings is 3. The fourth-order valence-corrected chi connectivity index (χ4v) is 4.35. The summed E-state index contributed by atoms with van der Waals surface area (Å²) >= 11 is 0. The predicted octanol–water partition coefficient (Wildman–Crippen LogP) is 8.97. The number of hydrogen-bond donors (Lipinski definition) is 0. The number of unbranched alkanes of at least 4 members (excludes halogenated alkanes) is 8. The van der Waals surface area contributed by atoms with E-state index in [1.165, 1.54) is 58.5 Å². The fourth-order valence-electron chi connectivity index (χ4n) is 4.35. The molecule has 0 radical (unpaired) electrons. The van der Waals surface area contributed by atoms with E-state index >= 15 is 0 Å². The van der Waals surface area contributed by atoms with Gasteiger partial charge >= 0.3 is 5.97 Å². The van der Waals surface area contributed by atoms with E-state index in [2.05, 4.69) is 37.5 Å². The molecule has 4 heteroatoms. The maximum atomic E-state index is 12.5. The standard InChI is InChI=1S/C38H44O4/c1-4-6-8-10-12-28-41-35-24-18-31(19-25-35)14-15-33-17-23-34(37(30-33)38(39)40-3)22-16-32-20-26-36(27-21-32)42-29-13-11-9-7-5-2/h17-21,23-27,30H,4-13,28-29H2,1-3H3. The highest BCUT2D eigenvalue weighted by Gasteiger charge is 2.11. The Kier molecular flexibility index (Phi) is 14.7. The average molecular weight is 565 g/mol. The molecule has 0 aliphatic rings. The van der Waals surface area contributed by atoms with Crippen molar-refractivity contribution in [2.75, 3.05) is 20.3 Å². The van der Waals surface area contributed by atoms with Gasteiger partial charge in [-0.3, -0.25) is 0 Å². The third-order valence-corrected chi connectivity index (χ3v) is 6.86. The third kappa shape index (κ3) is 11.8. The molecule has 0 fully saturated rings. The molecule has 4 nitrogen and oxygen atoms in total. The molecule has 42 heavy (non-hydrogen) atoms. The van der Waals surface area contributed by atoms with Crippen molar-refractivity contribution in [1.29, 1.82) is 0 Å². The van der Waals surface area contributed by atoms with Gasteiger partial charge in [-0.05, 0) is 79.6 Å². The molecule has 0 saturated heterocycles. The summed E-state index contributed by atoms with van der Waals surface area (Å²) in [5.41, 5.74) is 3.41. The molecule has 0 unspecified atom stereocenters. The Bertz CT molecular complexity index is 1350. The summed E-state index contributed by atoms with van der Waals surface area (Å²) in [6, 6.07) is 20.9. The van der Waals surface area contributed by atoms with Gasteiger partial charge in [0.25, 0.3) is 0 Å². The molecule has 3 aromatic carbocycles. The molecule has 3 rings (SSSR count). The van der Waals surface area contributed by atoms with Gasteiger partial charge in [-0.15, -0.1) is 0 Å². The van der Waals surface area contributed by atoms with Crippen LogP contribution >= 0.6 is 0 Å². The van der Waals surface area contributed by atoms with Crippen LogP contribution < -0.4 is 9.47 Å². The number of carbonyl (C=O) groups is 1. The number of carbonyl (C=O) groups excluding carboxylic acids is 1. The van der Waals surface area contributed by atoms with E-state index in [9.17, 15) is 4.79 Å². The van der Waals surface area contributed by atoms with Crippen molar-refractivity contribution < 1.29 is 19.0 Å². The van der Waals surface area contributed by atoms with Gasteiger partial charge in [0.1, 0.15) is 11.5 Å². The molecule has 0 amide bonds. The molecule has 0 bridgehead atoms. The lowest BCUT2D eigenvalue weighted by Crippen LogP contribution is -2.04. The lowest BCUT2D eigenvalue weighted by molar-refractivity contribution is 0.0600. The smallest absolute Gasteiger partial charge is 0.339 e. The highest BCUT2D eigenvalue weighted by molar-refractivity contribution is 5.92. The lowest BCUT2D eigenvalue weighted by atomic mass is 10.0. The molecule has 0 aromatic heterocycles. The van der Waals surface area contributed by atoms with Crippen LogP contribution in [-0.4, -0.2) is 26.3 Å². The van der Waals surface area contributed by atoms with Crippen LogP contribution in [0.3, 0.4) is 0 Å². The van der Waals surface area contributed by atoms with Crippen molar-refractivity contribution in [3.8, 4) is 35.2 Å². The minimum absolute atomic E-state index is 0.391. The Labute approximate surface area is 252 Å². The molecule has 0 aliphatic heterocycles. The summed E-state index contributed by atoms with van der Waals surface area (Å²) in [7, 11) is 1.37. The Hall–Kier alpha value is -4.15. The van der Waals surface area contributed by atoms with Gasteiger partial charge < -0.3 is 14.2 Å². The van der Waals surface area contributed by atoms with Crippen LogP contribution in [0.4, 0.5) is 0 Å². The summed E-state index contributed by atoms with van der Waals surface area (Å²) in [5.74, 6) is 13.8. The number of esters is 1. The van der Waals surface area contributed by atoms with Gasteiger partial charge in [-0.2, -0.15) is 0 Å². The summed E-state index contributed by atoms with van der Waals surface area (Å²) in [5, 5.41) is 0. The highest BCUT2D eigenvalue weighted by atomic mass is 16.5. The highest BCUT2D eigenvalue weighted by Crippen LogP contribution is 2.16. The van der Waals surface area contributed by atoms with E-state index in [0.717, 1.165) is 48.7 Å². The fraction of sp³-hybridized carbons (Fsp3) is 0.395. The second kappa shape index (κ2) is 19.1. The summed E-state index contributed by atoms with van der Waals surface area (Å²) in [4.78, 5) is 12.5. The van der Waals surface area contributed by atoms with Crippen LogP contribution in [0.25, 0.3) is 0 Å². The first-order chi connectivity index (χ1) is 20.6. The zero-order valence-corrected chi connectivity index (χ0v) is 25.5. The van der Waals surface area contributed by atoms with Crippen molar-refractivity contribution >= 4 is 5.97 Å². The van der Waals surface area contributed by atoms with Crippen molar-refractivity contribution in [2.24, 2.45) is 0 Å². The van der Waals surface area contributed by atoms with Crippen LogP contribution in [0.1, 0.15) is 111 Å². The Morgan fingerprint density at radius 3 is 1.52 bits per heavy atom. The second-order valence-electron chi connectivity index (χ2n) is 10.3. The van der Waals surface area contributed by atoms with E-state index in [1.807, 2.05) is 60.7 Å². The minimum atomic E-state index is -0.443. The molecule has 0 spiro atoms. The van der Waals surface area contributed by atoms with Gasteiger partial charge in [0.05, 0.1) is 25.9 Å². The van der Waals surface area contributed by atoms with Gasteiger partial charge in [0.15, 0.2) is 0 Å². The zero-order chi connectivity index (χ0) is 29.8. The van der Waals surface area contributed by atoms with Gasteiger partial charge in [0, 0.05) is 22.3 Å². The monoisotopic (exact) mass is 564 g/mol. The van der Waals surface area contributed by atoms with Crippen LogP contribution in [-0.2, 0) is 4.74 Å². The molecular weight excluding hydrogens is 520 g/mol. The second-order valence-corrected chi connectivity index (χ2v) is 10.3. The normalized spacial score (nSPS) is 10.2. The van der Waals surface area contributed by atoms with E-state index in [0.29, 0.717) is 16.7 Å². The Balaban J connectivity index is 1.60. The van der Waals surface area contributed by atoms with Crippen molar-refractivity contribution in [1.82, 2.24) is 0 Å². The number of rotatable bonds is 15. The number of ether oxygens (including phenoxy) is 3. The van der Waals surface area contributed by atoms with E-state index in [4.69, 9.17) is 14.2 Å². The maximum Gasteiger partial charge on any atom is 0.339 e. The molecule has 3 aromatic rings. The van der Waals surface area contributed by atoms with Crippen LogP contribution in [0, 0.1) is 23.7 Å². The van der Waals surface area contributed by atoms with Crippen LogP contribution in [0.5, 0.6) is 11.5 Å². The summed E-state index contributed by atoms with van der Waals surface area (Å²) in [6.07, 6.45) is 12.1. The first-order valence-corrected chi connectivity index (χ1v) is 15.3. The van der Waals surface area contributed by atoms with Gasteiger partial charge in [-0.1, -0.05) is 88.9 Å². The van der Waals surface area contributed by atoms with Gasteiger partial charge in [0.2, 0.25) is 0 Å². The number of hydrogen-bond acceptors (Lipinski definition) is 4. The number of methoxy groups -OCH3 is 1. The molecule has 0 atom stereocenters. The maximum absolute atomic E-state index is 12.5. The van der Waals surface area contributed by atoms with Crippen molar-refractivity contribution in [3.05, 3.63) is 94.5 Å². The minimum Gasteiger partial charge on any atom is -0.494 e. The topological polar surface area (TPSA) is 44.8 Å². The zero-order valence-electron chi connectivity index (χ0n) is 25.5. The predicted molar refractivity (Wildman–Crippen MR) is 171 cm³/mol. The van der Waals surface area contributed by atoms with E-state index < -0.39 is 5.97 Å². The average Bonchev–Trinajstić information content (AvgIpc) is 3.03. The van der Waals surface area contributed by atoms with Crippen molar-refractivity contribution in [2.45, 2.75) is 78.1 Å². The Morgan fingerprint density at radius 2 is 1.02 bits per heavy atom. The third-order valence-electron chi connectivity index (χ3n) is 6.86. The van der Waals surface area contributed by atoms with E-state index in [-0.39, 0.29) is 0 Å². The Morgan fingerprint density at radius 1 is 0.571 bits per heavy atom. The van der Waals surface area contributed by atoms with Crippen molar-refractivity contribution in [3.63, 3.8) is 0 Å². The quantitative estimate of drug-likeness (QED) is 0.105. The largest absolute Gasteiger partial charge is 0.494 e. The van der Waals surface area contributed by atoms with Gasteiger partial charge in [-0.25, -0.2) is 4.79 Å².